The Hall–Kier alpha value is -1.27. The Morgan fingerprint density at radius 3 is 2.76 bits per heavy atom. The molecule has 92 valence electrons. The van der Waals surface area contributed by atoms with Crippen molar-refractivity contribution in [1.82, 2.24) is 20.4 Å². The molecule has 2 rings (SSSR count). The van der Waals surface area contributed by atoms with Crippen molar-refractivity contribution in [2.45, 2.75) is 26.7 Å². The normalized spacial score (nSPS) is 10.9. The van der Waals surface area contributed by atoms with E-state index in [1.54, 1.807) is 18.3 Å². The minimum absolute atomic E-state index is 0.625. The molecule has 2 aromatic heterocycles. The largest absolute Gasteiger partial charge is 0.340 e. The SMILES string of the molecule is Cc1nc(CCNCCc2scnc2C)no1. The highest BCUT2D eigenvalue weighted by Gasteiger charge is 2.02. The Balaban J connectivity index is 1.62. The molecule has 0 aliphatic heterocycles. The van der Waals surface area contributed by atoms with Crippen molar-refractivity contribution in [3.63, 3.8) is 0 Å². The van der Waals surface area contributed by atoms with Gasteiger partial charge in [-0.15, -0.1) is 11.3 Å². The Labute approximate surface area is 104 Å². The maximum Gasteiger partial charge on any atom is 0.223 e. The van der Waals surface area contributed by atoms with Crippen LogP contribution in [0.2, 0.25) is 0 Å². The van der Waals surface area contributed by atoms with E-state index in [1.165, 1.54) is 4.88 Å². The molecule has 2 aromatic rings. The van der Waals surface area contributed by atoms with Gasteiger partial charge in [0, 0.05) is 31.3 Å². The van der Waals surface area contributed by atoms with Gasteiger partial charge in [0.25, 0.3) is 0 Å². The summed E-state index contributed by atoms with van der Waals surface area (Å²) in [6.45, 7) is 5.68. The third-order valence-corrected chi connectivity index (χ3v) is 3.46. The maximum absolute atomic E-state index is 4.90. The highest BCUT2D eigenvalue weighted by molar-refractivity contribution is 7.09. The summed E-state index contributed by atoms with van der Waals surface area (Å²) in [6.07, 6.45) is 1.83. The van der Waals surface area contributed by atoms with E-state index >= 15 is 0 Å². The molecule has 0 aliphatic rings. The highest BCUT2D eigenvalue weighted by Crippen LogP contribution is 2.11. The van der Waals surface area contributed by atoms with Crippen LogP contribution in [0.4, 0.5) is 0 Å². The van der Waals surface area contributed by atoms with Gasteiger partial charge in [0.15, 0.2) is 5.82 Å². The van der Waals surface area contributed by atoms with Gasteiger partial charge in [-0.05, 0) is 13.3 Å². The van der Waals surface area contributed by atoms with Gasteiger partial charge in [0.2, 0.25) is 5.89 Å². The molecule has 0 radical (unpaired) electrons. The summed E-state index contributed by atoms with van der Waals surface area (Å²) in [5.74, 6) is 1.39. The molecule has 0 bridgehead atoms. The Morgan fingerprint density at radius 2 is 2.12 bits per heavy atom. The second-order valence-electron chi connectivity index (χ2n) is 3.84. The fourth-order valence-corrected chi connectivity index (χ4v) is 2.32. The summed E-state index contributed by atoms with van der Waals surface area (Å²) >= 11 is 1.72. The lowest BCUT2D eigenvalue weighted by molar-refractivity contribution is 0.387. The molecule has 0 aliphatic carbocycles. The fourth-order valence-electron chi connectivity index (χ4n) is 1.54. The first kappa shape index (κ1) is 12.2. The van der Waals surface area contributed by atoms with Crippen LogP contribution < -0.4 is 5.32 Å². The fraction of sp³-hybridized carbons (Fsp3) is 0.545. The van der Waals surface area contributed by atoms with Crippen molar-refractivity contribution in [2.75, 3.05) is 13.1 Å². The van der Waals surface area contributed by atoms with Crippen LogP contribution in [0, 0.1) is 13.8 Å². The van der Waals surface area contributed by atoms with Crippen molar-refractivity contribution in [1.29, 1.82) is 0 Å². The molecule has 0 unspecified atom stereocenters. The summed E-state index contributed by atoms with van der Waals surface area (Å²) in [5.41, 5.74) is 3.04. The molecule has 0 fully saturated rings. The van der Waals surface area contributed by atoms with E-state index in [1.807, 2.05) is 12.4 Å². The number of aromatic nitrogens is 3. The standard InChI is InChI=1S/C11H16N4OS/c1-8-10(17-7-13-8)3-5-12-6-4-11-14-9(2)16-15-11/h7,12H,3-6H2,1-2H3. The Morgan fingerprint density at radius 1 is 1.29 bits per heavy atom. The van der Waals surface area contributed by atoms with E-state index in [0.717, 1.165) is 37.4 Å². The second kappa shape index (κ2) is 5.88. The number of hydrogen-bond donors (Lipinski definition) is 1. The first-order valence-corrected chi connectivity index (χ1v) is 6.52. The van der Waals surface area contributed by atoms with Gasteiger partial charge in [0.1, 0.15) is 0 Å². The molecule has 17 heavy (non-hydrogen) atoms. The molecule has 0 saturated carbocycles. The molecule has 1 N–H and O–H groups in total. The lowest BCUT2D eigenvalue weighted by Gasteiger charge is -2.01. The van der Waals surface area contributed by atoms with E-state index in [9.17, 15) is 0 Å². The Kier molecular flexibility index (Phi) is 4.22. The van der Waals surface area contributed by atoms with Crippen LogP contribution in [-0.2, 0) is 12.8 Å². The average Bonchev–Trinajstić information content (AvgIpc) is 2.88. The van der Waals surface area contributed by atoms with Crippen molar-refractivity contribution in [2.24, 2.45) is 0 Å². The second-order valence-corrected chi connectivity index (χ2v) is 4.78. The molecule has 0 aromatic carbocycles. The van der Waals surface area contributed by atoms with Crippen molar-refractivity contribution in [3.8, 4) is 0 Å². The van der Waals surface area contributed by atoms with Gasteiger partial charge in [-0.2, -0.15) is 4.98 Å². The first-order valence-electron chi connectivity index (χ1n) is 5.64. The zero-order valence-electron chi connectivity index (χ0n) is 10.1. The maximum atomic E-state index is 4.90. The zero-order chi connectivity index (χ0) is 12.1. The van der Waals surface area contributed by atoms with Gasteiger partial charge >= 0.3 is 0 Å². The minimum Gasteiger partial charge on any atom is -0.340 e. The average molecular weight is 252 g/mol. The van der Waals surface area contributed by atoms with Crippen molar-refractivity contribution in [3.05, 3.63) is 27.8 Å². The number of nitrogens with one attached hydrogen (secondary N) is 1. The number of thiazole rings is 1. The lowest BCUT2D eigenvalue weighted by Crippen LogP contribution is -2.20. The smallest absolute Gasteiger partial charge is 0.223 e. The first-order chi connectivity index (χ1) is 8.25. The van der Waals surface area contributed by atoms with Gasteiger partial charge in [-0.25, -0.2) is 4.98 Å². The number of rotatable bonds is 6. The molecule has 0 saturated heterocycles. The van der Waals surface area contributed by atoms with E-state index in [2.05, 4.69) is 20.4 Å². The third kappa shape index (κ3) is 3.61. The number of aryl methyl sites for hydroxylation is 2. The van der Waals surface area contributed by atoms with E-state index in [0.29, 0.717) is 5.89 Å². The predicted molar refractivity (Wildman–Crippen MR) is 66.2 cm³/mol. The predicted octanol–water partition coefficient (Wildman–Crippen LogP) is 1.52. The lowest BCUT2D eigenvalue weighted by atomic mass is 10.3. The topological polar surface area (TPSA) is 63.8 Å². The van der Waals surface area contributed by atoms with Crippen LogP contribution in [-0.4, -0.2) is 28.2 Å². The summed E-state index contributed by atoms with van der Waals surface area (Å²) in [4.78, 5) is 9.73. The molecule has 5 nitrogen and oxygen atoms in total. The van der Waals surface area contributed by atoms with Crippen molar-refractivity contribution < 1.29 is 4.52 Å². The van der Waals surface area contributed by atoms with Gasteiger partial charge in [-0.1, -0.05) is 5.16 Å². The Bertz CT molecular complexity index is 465. The quantitative estimate of drug-likeness (QED) is 0.790. The van der Waals surface area contributed by atoms with Crippen LogP contribution >= 0.6 is 11.3 Å². The molecule has 0 spiro atoms. The summed E-state index contributed by atoms with van der Waals surface area (Å²) in [7, 11) is 0. The van der Waals surface area contributed by atoms with Gasteiger partial charge in [-0.3, -0.25) is 0 Å². The van der Waals surface area contributed by atoms with Crippen LogP contribution in [0.15, 0.2) is 10.0 Å². The van der Waals surface area contributed by atoms with Gasteiger partial charge in [0.05, 0.1) is 11.2 Å². The monoisotopic (exact) mass is 252 g/mol. The van der Waals surface area contributed by atoms with Crippen LogP contribution in [0.5, 0.6) is 0 Å². The molecular weight excluding hydrogens is 236 g/mol. The summed E-state index contributed by atoms with van der Waals surface area (Å²) in [5, 5.41) is 7.21. The van der Waals surface area contributed by atoms with E-state index in [-0.39, 0.29) is 0 Å². The zero-order valence-corrected chi connectivity index (χ0v) is 10.9. The summed E-state index contributed by atoms with van der Waals surface area (Å²) < 4.78 is 4.90. The number of hydrogen-bond acceptors (Lipinski definition) is 6. The van der Waals surface area contributed by atoms with E-state index < -0.39 is 0 Å². The summed E-state index contributed by atoms with van der Waals surface area (Å²) in [6, 6.07) is 0. The van der Waals surface area contributed by atoms with Gasteiger partial charge < -0.3 is 9.84 Å². The number of nitrogens with zero attached hydrogens (tertiary/aromatic N) is 3. The van der Waals surface area contributed by atoms with E-state index in [4.69, 9.17) is 4.52 Å². The van der Waals surface area contributed by atoms with Crippen molar-refractivity contribution >= 4 is 11.3 Å². The third-order valence-electron chi connectivity index (χ3n) is 2.47. The van der Waals surface area contributed by atoms with Crippen LogP contribution in [0.25, 0.3) is 0 Å². The van der Waals surface area contributed by atoms with Crippen LogP contribution in [0.1, 0.15) is 22.3 Å². The van der Waals surface area contributed by atoms with Crippen LogP contribution in [0.3, 0.4) is 0 Å². The molecule has 2 heterocycles. The molecule has 0 amide bonds. The molecule has 6 heteroatoms. The minimum atomic E-state index is 0.625. The molecular formula is C11H16N4OS. The highest BCUT2D eigenvalue weighted by atomic mass is 32.1. The molecule has 0 atom stereocenters.